The Bertz CT molecular complexity index is 578. The molecule has 1 aromatic rings. The van der Waals surface area contributed by atoms with Crippen molar-refractivity contribution < 1.29 is 28.8 Å². The second kappa shape index (κ2) is 13.0. The van der Waals surface area contributed by atoms with E-state index in [2.05, 4.69) is 6.92 Å². The van der Waals surface area contributed by atoms with E-state index in [9.17, 15) is 9.90 Å². The smallest absolute Gasteiger partial charge is 0.303 e. The molecule has 6 heteroatoms. The first-order valence-electron chi connectivity index (χ1n) is 10.8. The van der Waals surface area contributed by atoms with E-state index >= 15 is 0 Å². The third kappa shape index (κ3) is 8.05. The Hall–Kier alpha value is -1.47. The highest BCUT2D eigenvalue weighted by atomic mass is 16.7. The van der Waals surface area contributed by atoms with Crippen LogP contribution >= 0.6 is 0 Å². The molecule has 0 spiro atoms. The van der Waals surface area contributed by atoms with Crippen LogP contribution in [0.25, 0.3) is 0 Å². The van der Waals surface area contributed by atoms with Gasteiger partial charge in [0, 0.05) is 13.5 Å². The molecule has 0 radical (unpaired) electrons. The molecular weight excluding hydrogens is 372 g/mol. The predicted molar refractivity (Wildman–Crippen MR) is 110 cm³/mol. The zero-order valence-corrected chi connectivity index (χ0v) is 17.9. The van der Waals surface area contributed by atoms with E-state index in [1.807, 2.05) is 30.3 Å². The van der Waals surface area contributed by atoms with Gasteiger partial charge in [-0.3, -0.25) is 4.79 Å². The minimum Gasteiger partial charge on any atom is -0.457 e. The van der Waals surface area contributed by atoms with Crippen molar-refractivity contribution in [3.8, 4) is 0 Å². The van der Waals surface area contributed by atoms with Crippen molar-refractivity contribution in [1.82, 2.24) is 0 Å². The zero-order chi connectivity index (χ0) is 21.1. The van der Waals surface area contributed by atoms with E-state index in [1.165, 1.54) is 32.6 Å². The fourth-order valence-electron chi connectivity index (χ4n) is 3.51. The van der Waals surface area contributed by atoms with Crippen molar-refractivity contribution in [2.45, 2.75) is 96.6 Å². The Labute approximate surface area is 174 Å². The van der Waals surface area contributed by atoms with Crippen LogP contribution in [0.5, 0.6) is 0 Å². The molecule has 1 aliphatic rings. The van der Waals surface area contributed by atoms with Gasteiger partial charge in [0.05, 0.1) is 12.7 Å². The summed E-state index contributed by atoms with van der Waals surface area (Å²) in [7, 11) is 0. The van der Waals surface area contributed by atoms with Crippen LogP contribution in [0.4, 0.5) is 0 Å². The molecule has 0 aromatic heterocycles. The minimum absolute atomic E-state index is 0.310. The third-order valence-corrected chi connectivity index (χ3v) is 5.12. The van der Waals surface area contributed by atoms with Crippen LogP contribution in [-0.2, 0) is 30.3 Å². The number of hydrogen-bond acceptors (Lipinski definition) is 6. The van der Waals surface area contributed by atoms with Gasteiger partial charge in [-0.15, -0.1) is 0 Å². The molecule has 0 amide bonds. The van der Waals surface area contributed by atoms with Gasteiger partial charge in [0.2, 0.25) is 0 Å². The van der Waals surface area contributed by atoms with Gasteiger partial charge in [0.15, 0.2) is 12.4 Å². The minimum atomic E-state index is -1.03. The van der Waals surface area contributed by atoms with Crippen LogP contribution < -0.4 is 0 Å². The van der Waals surface area contributed by atoms with Gasteiger partial charge in [-0.2, -0.15) is 0 Å². The summed E-state index contributed by atoms with van der Waals surface area (Å²) >= 11 is 0. The Morgan fingerprint density at radius 3 is 2.41 bits per heavy atom. The van der Waals surface area contributed by atoms with Gasteiger partial charge >= 0.3 is 5.97 Å². The Morgan fingerprint density at radius 1 is 1.03 bits per heavy atom. The molecule has 2 rings (SSSR count). The van der Waals surface area contributed by atoms with Gasteiger partial charge < -0.3 is 24.1 Å². The van der Waals surface area contributed by atoms with Crippen molar-refractivity contribution in [3.05, 3.63) is 35.9 Å². The summed E-state index contributed by atoms with van der Waals surface area (Å²) in [4.78, 5) is 11.4. The number of esters is 1. The SMILES string of the molecule is CCCCCCCCO[C@H]1O[C@@H](C)[C@@H](OC(C)=O)[C@@H](O)[C@@H]1OCc1ccccc1. The number of carbonyl (C=O) groups is 1. The van der Waals surface area contributed by atoms with Crippen LogP contribution in [0, 0.1) is 0 Å². The summed E-state index contributed by atoms with van der Waals surface area (Å²) in [6.07, 6.45) is 3.24. The van der Waals surface area contributed by atoms with Crippen LogP contribution in [-0.4, -0.2) is 48.4 Å². The van der Waals surface area contributed by atoms with E-state index in [-0.39, 0.29) is 0 Å². The first-order chi connectivity index (χ1) is 14.0. The van der Waals surface area contributed by atoms with Gasteiger partial charge in [0.25, 0.3) is 0 Å². The number of hydrogen-bond donors (Lipinski definition) is 1. The first kappa shape index (κ1) is 23.8. The number of carbonyl (C=O) groups excluding carboxylic acids is 1. The molecule has 6 nitrogen and oxygen atoms in total. The van der Waals surface area contributed by atoms with E-state index in [4.69, 9.17) is 18.9 Å². The highest BCUT2D eigenvalue weighted by Crippen LogP contribution is 2.27. The molecule has 1 aliphatic heterocycles. The van der Waals surface area contributed by atoms with E-state index in [1.54, 1.807) is 6.92 Å². The Morgan fingerprint density at radius 2 is 1.72 bits per heavy atom. The number of aliphatic hydroxyl groups is 1. The molecule has 5 atom stereocenters. The van der Waals surface area contributed by atoms with E-state index in [0.29, 0.717) is 13.2 Å². The molecule has 0 aliphatic carbocycles. The van der Waals surface area contributed by atoms with Gasteiger partial charge in [-0.05, 0) is 18.9 Å². The fourth-order valence-corrected chi connectivity index (χ4v) is 3.51. The second-order valence-corrected chi connectivity index (χ2v) is 7.67. The van der Waals surface area contributed by atoms with Crippen LogP contribution in [0.1, 0.15) is 64.9 Å². The van der Waals surface area contributed by atoms with Crippen molar-refractivity contribution in [2.75, 3.05) is 6.61 Å². The predicted octanol–water partition coefficient (Wildman–Crippen LogP) is 3.99. The van der Waals surface area contributed by atoms with Crippen molar-refractivity contribution >= 4 is 5.97 Å². The largest absolute Gasteiger partial charge is 0.457 e. The lowest BCUT2D eigenvalue weighted by molar-refractivity contribution is -0.306. The quantitative estimate of drug-likeness (QED) is 0.416. The number of unbranched alkanes of at least 4 members (excludes halogenated alkanes) is 5. The maximum atomic E-state index is 11.4. The Balaban J connectivity index is 1.93. The lowest BCUT2D eigenvalue weighted by Gasteiger charge is -2.42. The maximum absolute atomic E-state index is 11.4. The molecule has 1 aromatic carbocycles. The van der Waals surface area contributed by atoms with E-state index in [0.717, 1.165) is 18.4 Å². The fraction of sp³-hybridized carbons (Fsp3) is 0.696. The molecule has 0 bridgehead atoms. The summed E-state index contributed by atoms with van der Waals surface area (Å²) in [5.74, 6) is -0.460. The zero-order valence-electron chi connectivity index (χ0n) is 17.9. The molecule has 0 saturated carbocycles. The van der Waals surface area contributed by atoms with Crippen molar-refractivity contribution in [3.63, 3.8) is 0 Å². The van der Waals surface area contributed by atoms with Crippen LogP contribution in [0.15, 0.2) is 30.3 Å². The number of ether oxygens (including phenoxy) is 4. The highest BCUT2D eigenvalue weighted by molar-refractivity contribution is 5.66. The van der Waals surface area contributed by atoms with Gasteiger partial charge in [0.1, 0.15) is 12.2 Å². The summed E-state index contributed by atoms with van der Waals surface area (Å²) in [5, 5.41) is 10.8. The summed E-state index contributed by atoms with van der Waals surface area (Å²) in [6, 6.07) is 9.71. The molecule has 0 unspecified atom stereocenters. The normalized spacial score (nSPS) is 27.0. The highest BCUT2D eigenvalue weighted by Gasteiger charge is 2.46. The number of aliphatic hydroxyl groups excluding tert-OH is 1. The molecule has 1 saturated heterocycles. The average molecular weight is 409 g/mol. The summed E-state index contributed by atoms with van der Waals surface area (Å²) in [5.41, 5.74) is 0.983. The van der Waals surface area contributed by atoms with Crippen molar-refractivity contribution in [1.29, 1.82) is 0 Å². The van der Waals surface area contributed by atoms with Crippen LogP contribution in [0.3, 0.4) is 0 Å². The summed E-state index contributed by atoms with van der Waals surface area (Å²) in [6.45, 7) is 6.14. The lowest BCUT2D eigenvalue weighted by atomic mass is 9.99. The molecule has 1 N–H and O–H groups in total. The standard InChI is InChI=1S/C23H36O6/c1-4-5-6-7-8-12-15-26-23-22(27-16-19-13-10-9-11-14-19)20(25)21(17(2)28-23)29-18(3)24/h9-11,13-14,17,20-23,25H,4-8,12,15-16H2,1-3H3/t17-,20+,21+,22-,23-/m0/s1. The summed E-state index contributed by atoms with van der Waals surface area (Å²) < 4.78 is 23.1. The topological polar surface area (TPSA) is 74.2 Å². The maximum Gasteiger partial charge on any atom is 0.303 e. The number of benzene rings is 1. The van der Waals surface area contributed by atoms with Crippen molar-refractivity contribution in [2.24, 2.45) is 0 Å². The van der Waals surface area contributed by atoms with Crippen LogP contribution in [0.2, 0.25) is 0 Å². The molecule has 164 valence electrons. The monoisotopic (exact) mass is 408 g/mol. The first-order valence-corrected chi connectivity index (χ1v) is 10.8. The Kier molecular flexibility index (Phi) is 10.6. The molecule has 1 fully saturated rings. The average Bonchev–Trinajstić information content (AvgIpc) is 2.70. The second-order valence-electron chi connectivity index (χ2n) is 7.67. The molecule has 1 heterocycles. The number of rotatable bonds is 12. The van der Waals surface area contributed by atoms with Gasteiger partial charge in [-0.1, -0.05) is 69.4 Å². The van der Waals surface area contributed by atoms with Gasteiger partial charge in [-0.25, -0.2) is 0 Å². The van der Waals surface area contributed by atoms with E-state index < -0.39 is 36.7 Å². The molecular formula is C23H36O6. The molecule has 29 heavy (non-hydrogen) atoms. The third-order valence-electron chi connectivity index (χ3n) is 5.12. The lowest BCUT2D eigenvalue weighted by Crippen LogP contribution is -2.59.